The van der Waals surface area contributed by atoms with E-state index in [-0.39, 0.29) is 16.9 Å². The van der Waals surface area contributed by atoms with Crippen molar-refractivity contribution < 1.29 is 9.59 Å². The first-order valence-electron chi connectivity index (χ1n) is 3.01. The first-order valence-corrected chi connectivity index (χ1v) is 3.42. The van der Waals surface area contributed by atoms with Crippen LogP contribution in [0.2, 0.25) is 0 Å². The predicted octanol–water partition coefficient (Wildman–Crippen LogP) is -0.114. The van der Waals surface area contributed by atoms with Crippen LogP contribution in [0, 0.1) is 0 Å². The minimum atomic E-state index is -0.275. The zero-order chi connectivity index (χ0) is 9.02. The fourth-order valence-corrected chi connectivity index (χ4v) is 0.650. The molecule has 4 nitrogen and oxygen atoms in total. The molecule has 0 aliphatic rings. The molecular formula is C6H10N2O2S. The molecular weight excluding hydrogens is 164 g/mol. The lowest BCUT2D eigenvalue weighted by molar-refractivity contribution is -0.124. The maximum Gasteiger partial charge on any atom is 0.225 e. The second-order valence-corrected chi connectivity index (χ2v) is 2.45. The Morgan fingerprint density at radius 1 is 1.36 bits per heavy atom. The van der Waals surface area contributed by atoms with Crippen molar-refractivity contribution in [3.8, 4) is 0 Å². The fourth-order valence-electron chi connectivity index (χ4n) is 0.377. The Balaban J connectivity index is 4.04. The van der Waals surface area contributed by atoms with Crippen LogP contribution in [0.5, 0.6) is 0 Å². The van der Waals surface area contributed by atoms with Crippen LogP contribution in [0.1, 0.15) is 13.8 Å². The number of carbonyl (C=O) groups is 2. The highest BCUT2D eigenvalue weighted by Crippen LogP contribution is 1.84. The number of carbonyl (C=O) groups excluding carboxylic acids is 2. The summed E-state index contributed by atoms with van der Waals surface area (Å²) in [4.78, 5) is 22.3. The SMILES string of the molecule is CC(=O)NC(=S)N(C)C(C)=O. The van der Waals surface area contributed by atoms with E-state index in [1.54, 1.807) is 0 Å². The highest BCUT2D eigenvalue weighted by Gasteiger charge is 2.08. The van der Waals surface area contributed by atoms with Crippen LogP contribution in [0.15, 0.2) is 0 Å². The van der Waals surface area contributed by atoms with E-state index in [4.69, 9.17) is 12.2 Å². The Hall–Kier alpha value is -0.970. The van der Waals surface area contributed by atoms with Crippen molar-refractivity contribution in [2.24, 2.45) is 0 Å². The number of nitrogens with one attached hydrogen (secondary N) is 1. The monoisotopic (exact) mass is 174 g/mol. The zero-order valence-electron chi connectivity index (χ0n) is 6.67. The molecule has 0 aliphatic heterocycles. The number of thiocarbonyl (C=S) groups is 1. The molecule has 0 saturated carbocycles. The third-order valence-electron chi connectivity index (χ3n) is 1.06. The van der Waals surface area contributed by atoms with Gasteiger partial charge in [0.05, 0.1) is 0 Å². The van der Waals surface area contributed by atoms with Gasteiger partial charge in [0, 0.05) is 20.9 Å². The van der Waals surface area contributed by atoms with Crippen molar-refractivity contribution in [2.75, 3.05) is 7.05 Å². The Bertz CT molecular complexity index is 203. The summed E-state index contributed by atoms with van der Waals surface area (Å²) in [5.74, 6) is -0.480. The fraction of sp³-hybridized carbons (Fsp3) is 0.500. The van der Waals surface area contributed by atoms with Crippen molar-refractivity contribution in [1.29, 1.82) is 0 Å². The van der Waals surface area contributed by atoms with E-state index in [2.05, 4.69) is 5.32 Å². The summed E-state index contributed by atoms with van der Waals surface area (Å²) in [6, 6.07) is 0. The quantitative estimate of drug-likeness (QED) is 0.521. The molecule has 5 heteroatoms. The highest BCUT2D eigenvalue weighted by molar-refractivity contribution is 7.80. The van der Waals surface area contributed by atoms with Crippen molar-refractivity contribution in [3.05, 3.63) is 0 Å². The van der Waals surface area contributed by atoms with Crippen LogP contribution in [-0.4, -0.2) is 28.9 Å². The lowest BCUT2D eigenvalue weighted by Gasteiger charge is -2.14. The van der Waals surface area contributed by atoms with Gasteiger partial charge < -0.3 is 5.32 Å². The van der Waals surface area contributed by atoms with Gasteiger partial charge in [0.15, 0.2) is 5.11 Å². The third kappa shape index (κ3) is 3.67. The molecule has 0 heterocycles. The van der Waals surface area contributed by atoms with E-state index < -0.39 is 0 Å². The second-order valence-electron chi connectivity index (χ2n) is 2.06. The number of hydrogen-bond acceptors (Lipinski definition) is 3. The summed E-state index contributed by atoms with van der Waals surface area (Å²) < 4.78 is 0. The molecule has 2 amide bonds. The molecule has 0 aromatic heterocycles. The second kappa shape index (κ2) is 4.02. The molecule has 11 heavy (non-hydrogen) atoms. The lowest BCUT2D eigenvalue weighted by Crippen LogP contribution is -2.41. The molecule has 0 fully saturated rings. The maximum absolute atomic E-state index is 10.7. The van der Waals surface area contributed by atoms with Gasteiger partial charge in [0.1, 0.15) is 0 Å². The molecule has 0 atom stereocenters. The minimum Gasteiger partial charge on any atom is -0.303 e. The Kier molecular flexibility index (Phi) is 3.67. The average Bonchev–Trinajstić information content (AvgIpc) is 1.84. The van der Waals surface area contributed by atoms with E-state index >= 15 is 0 Å². The van der Waals surface area contributed by atoms with E-state index in [1.165, 1.54) is 25.8 Å². The first-order chi connectivity index (χ1) is 4.95. The van der Waals surface area contributed by atoms with Gasteiger partial charge in [-0.15, -0.1) is 0 Å². The average molecular weight is 174 g/mol. The summed E-state index contributed by atoms with van der Waals surface area (Å²) in [5, 5.41) is 2.45. The van der Waals surface area contributed by atoms with Crippen molar-refractivity contribution >= 4 is 29.1 Å². The van der Waals surface area contributed by atoms with Gasteiger partial charge in [-0.05, 0) is 12.2 Å². The molecule has 0 aliphatic carbocycles. The molecule has 1 N–H and O–H groups in total. The Morgan fingerprint density at radius 2 is 1.82 bits per heavy atom. The summed E-state index contributed by atoms with van der Waals surface area (Å²) in [6.07, 6.45) is 0. The van der Waals surface area contributed by atoms with Gasteiger partial charge in [0.25, 0.3) is 0 Å². The summed E-state index contributed by atoms with van der Waals surface area (Å²) >= 11 is 4.70. The highest BCUT2D eigenvalue weighted by atomic mass is 32.1. The molecule has 0 radical (unpaired) electrons. The van der Waals surface area contributed by atoms with Crippen LogP contribution in [-0.2, 0) is 9.59 Å². The van der Waals surface area contributed by atoms with Gasteiger partial charge in [-0.1, -0.05) is 0 Å². The third-order valence-corrected chi connectivity index (χ3v) is 1.44. The molecule has 0 aromatic carbocycles. The normalized spacial score (nSPS) is 8.64. The predicted molar refractivity (Wildman–Crippen MR) is 44.9 cm³/mol. The maximum atomic E-state index is 10.7. The Labute approximate surface area is 70.6 Å². The number of rotatable bonds is 0. The van der Waals surface area contributed by atoms with Gasteiger partial charge in [0.2, 0.25) is 11.8 Å². The van der Waals surface area contributed by atoms with Gasteiger partial charge in [-0.25, -0.2) is 0 Å². The first kappa shape index (κ1) is 10.0. The largest absolute Gasteiger partial charge is 0.303 e. The summed E-state index contributed by atoms with van der Waals surface area (Å²) in [6.45, 7) is 2.70. The minimum absolute atomic E-state index is 0.130. The molecule has 0 rings (SSSR count). The molecule has 0 unspecified atom stereocenters. The summed E-state index contributed by atoms with van der Waals surface area (Å²) in [7, 11) is 1.50. The topological polar surface area (TPSA) is 49.4 Å². The number of nitrogens with zero attached hydrogens (tertiary/aromatic N) is 1. The van der Waals surface area contributed by atoms with Crippen molar-refractivity contribution in [2.45, 2.75) is 13.8 Å². The van der Waals surface area contributed by atoms with Crippen LogP contribution < -0.4 is 5.32 Å². The van der Waals surface area contributed by atoms with E-state index in [0.29, 0.717) is 0 Å². The van der Waals surface area contributed by atoms with E-state index in [1.807, 2.05) is 0 Å². The van der Waals surface area contributed by atoms with Crippen molar-refractivity contribution in [1.82, 2.24) is 10.2 Å². The molecule has 62 valence electrons. The van der Waals surface area contributed by atoms with Crippen molar-refractivity contribution in [3.63, 3.8) is 0 Å². The lowest BCUT2D eigenvalue weighted by atomic mass is 10.6. The van der Waals surface area contributed by atoms with Crippen LogP contribution >= 0.6 is 12.2 Å². The number of hydrogen-bond donors (Lipinski definition) is 1. The summed E-state index contributed by atoms with van der Waals surface area (Å²) in [5.41, 5.74) is 0. The van der Waals surface area contributed by atoms with Crippen LogP contribution in [0.25, 0.3) is 0 Å². The van der Waals surface area contributed by atoms with Gasteiger partial charge in [-0.3, -0.25) is 14.5 Å². The zero-order valence-corrected chi connectivity index (χ0v) is 7.49. The number of amides is 2. The van der Waals surface area contributed by atoms with E-state index in [9.17, 15) is 9.59 Å². The van der Waals surface area contributed by atoms with E-state index in [0.717, 1.165) is 0 Å². The molecule has 0 bridgehead atoms. The van der Waals surface area contributed by atoms with Gasteiger partial charge in [-0.2, -0.15) is 0 Å². The standard InChI is InChI=1S/C6H10N2O2S/c1-4(9)7-6(11)8(3)5(2)10/h1-3H3,(H,7,9,11). The smallest absolute Gasteiger partial charge is 0.225 e. The van der Waals surface area contributed by atoms with Crippen LogP contribution in [0.4, 0.5) is 0 Å². The molecule has 0 aromatic rings. The van der Waals surface area contributed by atoms with Gasteiger partial charge >= 0.3 is 0 Å². The molecule has 0 saturated heterocycles. The van der Waals surface area contributed by atoms with Crippen LogP contribution in [0.3, 0.4) is 0 Å². The molecule has 0 spiro atoms. The Morgan fingerprint density at radius 3 is 2.09 bits per heavy atom.